The molecule has 0 amide bonds. The van der Waals surface area contributed by atoms with E-state index in [1.165, 1.54) is 0 Å². The molecule has 4 aromatic rings. The van der Waals surface area contributed by atoms with Crippen molar-refractivity contribution >= 4 is 40.6 Å². The topological polar surface area (TPSA) is 58.4 Å². The van der Waals surface area contributed by atoms with E-state index in [9.17, 15) is 9.90 Å². The number of carbonyl (C=O) groups is 1. The molecule has 1 aromatic heterocycles. The van der Waals surface area contributed by atoms with E-state index < -0.39 is 0 Å². The molecule has 3 aromatic carbocycles. The first-order chi connectivity index (χ1) is 15.5. The van der Waals surface area contributed by atoms with Gasteiger partial charge in [-0.1, -0.05) is 66.7 Å². The second-order valence-corrected chi connectivity index (χ2v) is 7.66. The maximum Gasteiger partial charge on any atom is 0.200 e. The van der Waals surface area contributed by atoms with E-state index in [1.54, 1.807) is 24.3 Å². The van der Waals surface area contributed by atoms with Crippen molar-refractivity contribution in [1.29, 1.82) is 0 Å². The van der Waals surface area contributed by atoms with Crippen LogP contribution in [0, 0.1) is 6.92 Å². The molecule has 4 rings (SSSR count). The molecule has 6 heteroatoms. The molecule has 1 heterocycles. The Kier molecular flexibility index (Phi) is 7.56. The number of benzene rings is 3. The van der Waals surface area contributed by atoms with Gasteiger partial charge in [-0.15, -0.1) is 12.4 Å². The van der Waals surface area contributed by atoms with Gasteiger partial charge in [-0.25, -0.2) is 9.66 Å². The normalized spacial score (nSPS) is 11.6. The predicted octanol–water partition coefficient (Wildman–Crippen LogP) is 6.05. The van der Waals surface area contributed by atoms with E-state index in [2.05, 4.69) is 18.9 Å². The molecule has 0 saturated heterocycles. The minimum absolute atomic E-state index is 0. The van der Waals surface area contributed by atoms with Gasteiger partial charge in [-0.3, -0.25) is 4.79 Å². The lowest BCUT2D eigenvalue weighted by atomic mass is 9.98. The zero-order valence-corrected chi connectivity index (χ0v) is 19.8. The number of aliphatic hydroxyl groups is 1. The minimum Gasteiger partial charge on any atom is -0.506 e. The highest BCUT2D eigenvalue weighted by Gasteiger charge is 2.27. The zero-order valence-electron chi connectivity index (χ0n) is 19.0. The van der Waals surface area contributed by atoms with E-state index in [0.717, 1.165) is 29.7 Å². The molecule has 0 atom stereocenters. The third-order valence-corrected chi connectivity index (χ3v) is 5.57. The monoisotopic (exact) mass is 461 g/mol. The number of Topliss-reactive ketones (excluding diaryl/α,β-unsaturated/α-hetero) is 1. The summed E-state index contributed by atoms with van der Waals surface area (Å²) in [7, 11) is 0. The lowest BCUT2D eigenvalue weighted by Gasteiger charge is -2.26. The van der Waals surface area contributed by atoms with Crippen LogP contribution in [-0.2, 0) is 0 Å². The second-order valence-electron chi connectivity index (χ2n) is 7.66. The van der Waals surface area contributed by atoms with E-state index in [0.29, 0.717) is 17.0 Å². The number of aliphatic hydroxyl groups excluding tert-OH is 1. The van der Waals surface area contributed by atoms with Gasteiger partial charge in [0, 0.05) is 24.2 Å². The molecular formula is C27H28ClN3O2. The highest BCUT2D eigenvalue weighted by Crippen LogP contribution is 2.31. The van der Waals surface area contributed by atoms with Crippen molar-refractivity contribution < 1.29 is 9.90 Å². The third-order valence-electron chi connectivity index (χ3n) is 5.57. The summed E-state index contributed by atoms with van der Waals surface area (Å²) in [6.07, 6.45) is 0. The number of allylic oxidation sites excluding steroid dienone is 1. The number of carbonyl (C=O) groups excluding carboxylic acids is 1. The van der Waals surface area contributed by atoms with E-state index in [-0.39, 0.29) is 29.5 Å². The largest absolute Gasteiger partial charge is 0.506 e. The molecule has 0 bridgehead atoms. The van der Waals surface area contributed by atoms with Crippen molar-refractivity contribution in [2.75, 3.05) is 18.1 Å². The zero-order chi connectivity index (χ0) is 22.7. The molecule has 0 aliphatic carbocycles. The number of hydrogen-bond acceptors (Lipinski definition) is 4. The SMILES string of the molecule is CCN(CC)n1c(C(C(=O)c2ccccc2)=C(O)c2ccccc2)nc2cc(C)ccc21.Cl. The highest BCUT2D eigenvalue weighted by molar-refractivity contribution is 6.33. The van der Waals surface area contributed by atoms with Crippen LogP contribution in [0.1, 0.15) is 41.2 Å². The molecule has 0 aliphatic heterocycles. The molecule has 170 valence electrons. The number of hydrogen-bond donors (Lipinski definition) is 1. The lowest BCUT2D eigenvalue weighted by Crippen LogP contribution is -2.35. The van der Waals surface area contributed by atoms with E-state index in [4.69, 9.17) is 4.98 Å². The lowest BCUT2D eigenvalue weighted by molar-refractivity contribution is 0.105. The van der Waals surface area contributed by atoms with Crippen molar-refractivity contribution in [3.63, 3.8) is 0 Å². The Hall–Kier alpha value is -3.57. The van der Waals surface area contributed by atoms with Crippen LogP contribution in [0.3, 0.4) is 0 Å². The summed E-state index contributed by atoms with van der Waals surface area (Å²) < 4.78 is 1.96. The van der Waals surface area contributed by atoms with Gasteiger partial charge in [0.25, 0.3) is 0 Å². The maximum absolute atomic E-state index is 13.8. The fraction of sp³-hybridized carbons (Fsp3) is 0.185. The van der Waals surface area contributed by atoms with E-state index in [1.807, 2.05) is 66.2 Å². The van der Waals surface area contributed by atoms with Gasteiger partial charge in [0.2, 0.25) is 5.78 Å². The molecule has 0 unspecified atom stereocenters. The number of imidazole rings is 1. The number of aryl methyl sites for hydroxylation is 1. The van der Waals surface area contributed by atoms with Crippen LogP contribution in [0.5, 0.6) is 0 Å². The van der Waals surface area contributed by atoms with Crippen LogP contribution < -0.4 is 5.01 Å². The summed E-state index contributed by atoms with van der Waals surface area (Å²) in [6.45, 7) is 7.59. The highest BCUT2D eigenvalue weighted by atomic mass is 35.5. The van der Waals surface area contributed by atoms with Gasteiger partial charge in [0.1, 0.15) is 11.3 Å². The van der Waals surface area contributed by atoms with E-state index >= 15 is 0 Å². The summed E-state index contributed by atoms with van der Waals surface area (Å²) in [6, 6.07) is 24.2. The fourth-order valence-corrected chi connectivity index (χ4v) is 3.92. The number of aromatic nitrogens is 2. The smallest absolute Gasteiger partial charge is 0.200 e. The number of halogens is 1. The number of ketones is 1. The number of fused-ring (bicyclic) bond motifs is 1. The second kappa shape index (κ2) is 10.4. The summed E-state index contributed by atoms with van der Waals surface area (Å²) in [5.41, 5.74) is 4.02. The molecule has 33 heavy (non-hydrogen) atoms. The Morgan fingerprint density at radius 3 is 2.06 bits per heavy atom. The average Bonchev–Trinajstić information content (AvgIpc) is 3.19. The van der Waals surface area contributed by atoms with Gasteiger partial charge >= 0.3 is 0 Å². The molecule has 0 radical (unpaired) electrons. The Balaban J connectivity index is 0.00000306. The molecule has 0 spiro atoms. The van der Waals surface area contributed by atoms with Crippen molar-refractivity contribution in [3.8, 4) is 0 Å². The maximum atomic E-state index is 13.8. The van der Waals surface area contributed by atoms with Crippen molar-refractivity contribution in [1.82, 2.24) is 9.66 Å². The Labute approximate surface area is 200 Å². The van der Waals surface area contributed by atoms with Crippen LogP contribution >= 0.6 is 12.4 Å². The number of nitrogens with zero attached hydrogens (tertiary/aromatic N) is 3. The third kappa shape index (κ3) is 4.64. The van der Waals surface area contributed by atoms with Crippen LogP contribution in [-0.4, -0.2) is 33.6 Å². The summed E-state index contributed by atoms with van der Waals surface area (Å²) in [5.74, 6) is 0.0804. The van der Waals surface area contributed by atoms with Crippen molar-refractivity contribution in [2.45, 2.75) is 20.8 Å². The molecule has 0 saturated carbocycles. The van der Waals surface area contributed by atoms with Gasteiger partial charge in [-0.2, -0.15) is 0 Å². The number of rotatable bonds is 7. The molecule has 0 aliphatic rings. The van der Waals surface area contributed by atoms with Crippen molar-refractivity contribution in [3.05, 3.63) is 101 Å². The van der Waals surface area contributed by atoms with Gasteiger partial charge in [-0.05, 0) is 38.5 Å². The van der Waals surface area contributed by atoms with Gasteiger partial charge in [0.15, 0.2) is 5.82 Å². The first-order valence-corrected chi connectivity index (χ1v) is 10.9. The summed E-state index contributed by atoms with van der Waals surface area (Å²) in [5, 5.41) is 13.5. The molecular weight excluding hydrogens is 434 g/mol. The summed E-state index contributed by atoms with van der Waals surface area (Å²) in [4.78, 5) is 18.6. The minimum atomic E-state index is -0.271. The standard InChI is InChI=1S/C27H27N3O2.ClH/c1-4-29(5-2)30-23-17-16-19(3)18-22(23)28-27(30)24(25(31)20-12-8-6-9-13-20)26(32)21-14-10-7-11-15-21;/h6-18,31H,4-5H2,1-3H3;1H. The first-order valence-electron chi connectivity index (χ1n) is 10.9. The quantitative estimate of drug-likeness (QED) is 0.206. The molecule has 5 nitrogen and oxygen atoms in total. The van der Waals surface area contributed by atoms with Crippen LogP contribution in [0.25, 0.3) is 22.4 Å². The Morgan fingerprint density at radius 2 is 1.48 bits per heavy atom. The average molecular weight is 462 g/mol. The van der Waals surface area contributed by atoms with Crippen LogP contribution in [0.4, 0.5) is 0 Å². The van der Waals surface area contributed by atoms with Gasteiger partial charge < -0.3 is 10.1 Å². The molecule has 0 fully saturated rings. The van der Waals surface area contributed by atoms with Crippen LogP contribution in [0.15, 0.2) is 78.9 Å². The fourth-order valence-electron chi connectivity index (χ4n) is 3.92. The first kappa shape index (κ1) is 24.1. The van der Waals surface area contributed by atoms with Crippen molar-refractivity contribution in [2.24, 2.45) is 0 Å². The summed E-state index contributed by atoms with van der Waals surface area (Å²) >= 11 is 0. The Bertz CT molecular complexity index is 1280. The molecule has 1 N–H and O–H groups in total. The van der Waals surface area contributed by atoms with Gasteiger partial charge in [0.05, 0.1) is 11.0 Å². The van der Waals surface area contributed by atoms with Crippen LogP contribution in [0.2, 0.25) is 0 Å². The predicted molar refractivity (Wildman–Crippen MR) is 138 cm³/mol. The Morgan fingerprint density at radius 1 is 0.909 bits per heavy atom.